The zero-order chi connectivity index (χ0) is 15.7. The first-order valence-electron chi connectivity index (χ1n) is 7.80. The second-order valence-electron chi connectivity index (χ2n) is 6.17. The van der Waals surface area contributed by atoms with Gasteiger partial charge in [-0.05, 0) is 37.8 Å². The zero-order valence-corrected chi connectivity index (χ0v) is 13.1. The first-order chi connectivity index (χ1) is 10.5. The molecular formula is C20H20O2. The Morgan fingerprint density at radius 3 is 1.45 bits per heavy atom. The fourth-order valence-electron chi connectivity index (χ4n) is 3.17. The lowest BCUT2D eigenvalue weighted by Gasteiger charge is -1.97. The van der Waals surface area contributed by atoms with Gasteiger partial charge in [0.05, 0.1) is 0 Å². The van der Waals surface area contributed by atoms with Crippen molar-refractivity contribution in [2.45, 2.75) is 39.5 Å². The summed E-state index contributed by atoms with van der Waals surface area (Å²) in [5.41, 5.74) is 6.84. The Morgan fingerprint density at radius 1 is 0.636 bits per heavy atom. The van der Waals surface area contributed by atoms with Crippen molar-refractivity contribution in [2.75, 3.05) is 0 Å². The molecular weight excluding hydrogens is 272 g/mol. The molecule has 0 saturated carbocycles. The molecule has 22 heavy (non-hydrogen) atoms. The second-order valence-corrected chi connectivity index (χ2v) is 6.17. The maximum absolute atomic E-state index is 11.2. The molecule has 4 rings (SSSR count). The van der Waals surface area contributed by atoms with Crippen LogP contribution in [0, 0.1) is 13.8 Å². The molecule has 0 aromatic heterocycles. The summed E-state index contributed by atoms with van der Waals surface area (Å²) in [5.74, 6) is 0.611. The van der Waals surface area contributed by atoms with Gasteiger partial charge in [0.1, 0.15) is 0 Å². The summed E-state index contributed by atoms with van der Waals surface area (Å²) < 4.78 is 0. The Kier molecular flexibility index (Phi) is 3.93. The van der Waals surface area contributed by atoms with Gasteiger partial charge in [-0.3, -0.25) is 9.59 Å². The van der Waals surface area contributed by atoms with Crippen molar-refractivity contribution in [1.29, 1.82) is 0 Å². The minimum absolute atomic E-state index is 0.306. The molecule has 0 aliphatic heterocycles. The molecule has 112 valence electrons. The standard InChI is InChI=1S/2C10H10O/c2*1-7-2-4-9-8(6-7)3-5-10(9)11/h2*2,4,6H,3,5H2,1H3. The summed E-state index contributed by atoms with van der Waals surface area (Å²) in [6, 6.07) is 12.1. The highest BCUT2D eigenvalue weighted by Gasteiger charge is 2.18. The van der Waals surface area contributed by atoms with Crippen molar-refractivity contribution in [1.82, 2.24) is 0 Å². The van der Waals surface area contributed by atoms with Crippen LogP contribution in [-0.2, 0) is 12.8 Å². The van der Waals surface area contributed by atoms with E-state index in [2.05, 4.69) is 26.0 Å². The summed E-state index contributed by atoms with van der Waals surface area (Å²) in [6.07, 6.45) is 3.29. The lowest BCUT2D eigenvalue weighted by atomic mass is 10.1. The van der Waals surface area contributed by atoms with E-state index in [1.807, 2.05) is 24.3 Å². The van der Waals surface area contributed by atoms with Gasteiger partial charge in [0.2, 0.25) is 0 Å². The minimum atomic E-state index is 0.306. The number of carbonyl (C=O) groups excluding carboxylic acids is 2. The molecule has 2 heteroatoms. The number of hydrogen-bond donors (Lipinski definition) is 0. The summed E-state index contributed by atoms with van der Waals surface area (Å²) in [7, 11) is 0. The molecule has 0 N–H and O–H groups in total. The monoisotopic (exact) mass is 292 g/mol. The average molecular weight is 292 g/mol. The van der Waals surface area contributed by atoms with Crippen molar-refractivity contribution < 1.29 is 9.59 Å². The van der Waals surface area contributed by atoms with Crippen LogP contribution >= 0.6 is 0 Å². The highest BCUT2D eigenvalue weighted by atomic mass is 16.1. The van der Waals surface area contributed by atoms with Gasteiger partial charge in [0, 0.05) is 24.0 Å². The number of benzene rings is 2. The number of hydrogen-bond acceptors (Lipinski definition) is 2. The maximum atomic E-state index is 11.2. The molecule has 0 heterocycles. The Bertz CT molecular complexity index is 691. The van der Waals surface area contributed by atoms with Crippen LogP contribution in [0.1, 0.15) is 55.8 Å². The summed E-state index contributed by atoms with van der Waals surface area (Å²) in [6.45, 7) is 4.12. The number of Topliss-reactive ketones (excluding diaryl/α,β-unsaturated/α-hetero) is 2. The van der Waals surface area contributed by atoms with E-state index in [-0.39, 0.29) is 0 Å². The molecule has 0 radical (unpaired) electrons. The molecule has 0 atom stereocenters. The van der Waals surface area contributed by atoms with E-state index in [1.54, 1.807) is 0 Å². The van der Waals surface area contributed by atoms with E-state index in [0.29, 0.717) is 24.4 Å². The van der Waals surface area contributed by atoms with Crippen LogP contribution in [-0.4, -0.2) is 11.6 Å². The van der Waals surface area contributed by atoms with Gasteiger partial charge in [-0.15, -0.1) is 0 Å². The van der Waals surface area contributed by atoms with Crippen LogP contribution in [0.2, 0.25) is 0 Å². The largest absolute Gasteiger partial charge is 0.294 e. The van der Waals surface area contributed by atoms with Crippen molar-refractivity contribution in [3.63, 3.8) is 0 Å². The first-order valence-corrected chi connectivity index (χ1v) is 7.80. The maximum Gasteiger partial charge on any atom is 0.163 e. The topological polar surface area (TPSA) is 34.1 Å². The zero-order valence-electron chi connectivity index (χ0n) is 13.1. The van der Waals surface area contributed by atoms with E-state index >= 15 is 0 Å². The summed E-state index contributed by atoms with van der Waals surface area (Å²) in [4.78, 5) is 22.4. The van der Waals surface area contributed by atoms with Crippen LogP contribution in [0.4, 0.5) is 0 Å². The number of rotatable bonds is 0. The van der Waals surface area contributed by atoms with Gasteiger partial charge >= 0.3 is 0 Å². The van der Waals surface area contributed by atoms with Gasteiger partial charge in [-0.25, -0.2) is 0 Å². The Balaban J connectivity index is 0.000000131. The van der Waals surface area contributed by atoms with E-state index in [1.165, 1.54) is 22.3 Å². The lowest BCUT2D eigenvalue weighted by molar-refractivity contribution is 0.0986. The highest BCUT2D eigenvalue weighted by molar-refractivity contribution is 6.00. The lowest BCUT2D eigenvalue weighted by Crippen LogP contribution is -1.90. The van der Waals surface area contributed by atoms with Crippen molar-refractivity contribution in [3.05, 3.63) is 69.8 Å². The van der Waals surface area contributed by atoms with Crippen molar-refractivity contribution in [2.24, 2.45) is 0 Å². The second kappa shape index (κ2) is 5.88. The molecule has 0 fully saturated rings. The molecule has 0 saturated heterocycles. The fourth-order valence-corrected chi connectivity index (χ4v) is 3.17. The number of aryl methyl sites for hydroxylation is 4. The summed E-state index contributed by atoms with van der Waals surface area (Å²) in [5, 5.41) is 0. The Hall–Kier alpha value is -2.22. The Morgan fingerprint density at radius 2 is 1.05 bits per heavy atom. The number of ketones is 2. The Labute approximate surface area is 131 Å². The molecule has 2 aromatic carbocycles. The van der Waals surface area contributed by atoms with Gasteiger partial charge in [-0.1, -0.05) is 47.5 Å². The molecule has 0 spiro atoms. The van der Waals surface area contributed by atoms with Crippen LogP contribution < -0.4 is 0 Å². The molecule has 0 bridgehead atoms. The predicted molar refractivity (Wildman–Crippen MR) is 87.7 cm³/mol. The highest BCUT2D eigenvalue weighted by Crippen LogP contribution is 2.23. The third-order valence-electron chi connectivity index (χ3n) is 4.37. The SMILES string of the molecule is Cc1ccc2c(c1)CCC2=O.Cc1ccc2c(c1)CCC2=O. The molecule has 2 nitrogen and oxygen atoms in total. The number of carbonyl (C=O) groups is 2. The van der Waals surface area contributed by atoms with Crippen LogP contribution in [0.25, 0.3) is 0 Å². The molecule has 2 aromatic rings. The van der Waals surface area contributed by atoms with Crippen molar-refractivity contribution >= 4 is 11.6 Å². The predicted octanol–water partition coefficient (Wildman–Crippen LogP) is 4.25. The molecule has 0 amide bonds. The van der Waals surface area contributed by atoms with Gasteiger partial charge < -0.3 is 0 Å². The fraction of sp³-hybridized carbons (Fsp3) is 0.300. The van der Waals surface area contributed by atoms with Crippen LogP contribution in [0.15, 0.2) is 36.4 Å². The van der Waals surface area contributed by atoms with Crippen LogP contribution in [0.5, 0.6) is 0 Å². The summed E-state index contributed by atoms with van der Waals surface area (Å²) >= 11 is 0. The third kappa shape index (κ3) is 2.87. The normalized spacial score (nSPS) is 15.2. The minimum Gasteiger partial charge on any atom is -0.294 e. The molecule has 2 aliphatic carbocycles. The van der Waals surface area contributed by atoms with E-state index in [0.717, 1.165) is 24.0 Å². The molecule has 2 aliphatic rings. The number of fused-ring (bicyclic) bond motifs is 2. The van der Waals surface area contributed by atoms with Crippen molar-refractivity contribution in [3.8, 4) is 0 Å². The van der Waals surface area contributed by atoms with Gasteiger partial charge in [-0.2, -0.15) is 0 Å². The van der Waals surface area contributed by atoms with Gasteiger partial charge in [0.15, 0.2) is 11.6 Å². The molecule has 0 unspecified atom stereocenters. The average Bonchev–Trinajstić information content (AvgIpc) is 3.03. The first kappa shape index (κ1) is 14.7. The van der Waals surface area contributed by atoms with E-state index in [9.17, 15) is 9.59 Å². The van der Waals surface area contributed by atoms with Crippen LogP contribution in [0.3, 0.4) is 0 Å². The van der Waals surface area contributed by atoms with Gasteiger partial charge in [0.25, 0.3) is 0 Å². The smallest absolute Gasteiger partial charge is 0.163 e. The van der Waals surface area contributed by atoms with E-state index < -0.39 is 0 Å². The quantitative estimate of drug-likeness (QED) is 0.727. The van der Waals surface area contributed by atoms with E-state index in [4.69, 9.17) is 0 Å². The third-order valence-corrected chi connectivity index (χ3v) is 4.37.